The minimum Gasteiger partial charge on any atom is -0.454 e. The Hall–Kier alpha value is -3.87. The molecule has 1 aliphatic rings. The highest BCUT2D eigenvalue weighted by Gasteiger charge is 2.30. The zero-order chi connectivity index (χ0) is 23.9. The van der Waals surface area contributed by atoms with Crippen LogP contribution in [0.5, 0.6) is 11.5 Å². The van der Waals surface area contributed by atoms with Gasteiger partial charge in [-0.25, -0.2) is 4.39 Å². The number of fused-ring (bicyclic) bond motifs is 1. The van der Waals surface area contributed by atoms with E-state index in [1.165, 1.54) is 11.0 Å². The minimum absolute atomic E-state index is 0.00241. The second-order valence-corrected chi connectivity index (χ2v) is 8.12. The van der Waals surface area contributed by atoms with E-state index in [1.54, 1.807) is 25.2 Å². The number of hydrogen-bond donors (Lipinski definition) is 1. The van der Waals surface area contributed by atoms with E-state index in [4.69, 9.17) is 9.47 Å². The Morgan fingerprint density at radius 2 is 1.71 bits per heavy atom. The summed E-state index contributed by atoms with van der Waals surface area (Å²) in [7, 11) is 1.54. The quantitative estimate of drug-likeness (QED) is 0.524. The molecule has 4 rings (SSSR count). The first-order valence-corrected chi connectivity index (χ1v) is 11.2. The van der Waals surface area contributed by atoms with Crippen molar-refractivity contribution in [3.8, 4) is 11.5 Å². The van der Waals surface area contributed by atoms with Gasteiger partial charge in [-0.2, -0.15) is 0 Å². The minimum atomic E-state index is -0.781. The number of ether oxygens (including phenoxy) is 2. The topological polar surface area (TPSA) is 67.9 Å². The zero-order valence-corrected chi connectivity index (χ0v) is 19.0. The van der Waals surface area contributed by atoms with Crippen LogP contribution >= 0.6 is 0 Å². The van der Waals surface area contributed by atoms with E-state index in [1.807, 2.05) is 48.5 Å². The Morgan fingerprint density at radius 1 is 0.971 bits per heavy atom. The molecule has 0 saturated carbocycles. The standard InChI is InChI=1S/C27H27FN2O4/c1-29-27(32)23(15-19-7-3-2-4-8-19)30(17-21-9-5-6-10-22(21)28)26(31)14-12-20-11-13-24-25(16-20)34-18-33-24/h2-11,13,16,23H,12,14-15,17-18H2,1H3,(H,29,32). The maximum atomic E-state index is 14.5. The van der Waals surface area contributed by atoms with Crippen LogP contribution < -0.4 is 14.8 Å². The molecular weight excluding hydrogens is 435 g/mol. The number of benzene rings is 3. The third-order valence-corrected chi connectivity index (χ3v) is 5.88. The number of nitrogens with one attached hydrogen (secondary N) is 1. The molecule has 0 radical (unpaired) electrons. The highest BCUT2D eigenvalue weighted by atomic mass is 19.1. The molecule has 1 unspecified atom stereocenters. The molecule has 3 aromatic carbocycles. The summed E-state index contributed by atoms with van der Waals surface area (Å²) in [5.74, 6) is 0.396. The SMILES string of the molecule is CNC(=O)C(Cc1ccccc1)N(Cc1ccccc1F)C(=O)CCc1ccc2c(c1)OCO2. The molecule has 1 N–H and O–H groups in total. The van der Waals surface area contributed by atoms with Crippen molar-refractivity contribution in [1.82, 2.24) is 10.2 Å². The number of halogens is 1. The van der Waals surface area contributed by atoms with Crippen LogP contribution in [0.1, 0.15) is 23.1 Å². The lowest BCUT2D eigenvalue weighted by atomic mass is 10.0. The molecule has 1 atom stereocenters. The molecule has 0 saturated heterocycles. The summed E-state index contributed by atoms with van der Waals surface area (Å²) in [6.07, 6.45) is 0.941. The van der Waals surface area contributed by atoms with E-state index >= 15 is 0 Å². The van der Waals surface area contributed by atoms with Gasteiger partial charge in [-0.05, 0) is 35.7 Å². The summed E-state index contributed by atoms with van der Waals surface area (Å²) < 4.78 is 25.3. The van der Waals surface area contributed by atoms with Crippen molar-refractivity contribution < 1.29 is 23.5 Å². The van der Waals surface area contributed by atoms with Crippen LogP contribution in [0.3, 0.4) is 0 Å². The monoisotopic (exact) mass is 462 g/mol. The van der Waals surface area contributed by atoms with Crippen molar-refractivity contribution in [3.05, 3.63) is 95.3 Å². The van der Waals surface area contributed by atoms with Gasteiger partial charge in [-0.15, -0.1) is 0 Å². The van der Waals surface area contributed by atoms with Crippen molar-refractivity contribution >= 4 is 11.8 Å². The largest absolute Gasteiger partial charge is 0.454 e. The molecule has 7 heteroatoms. The van der Waals surface area contributed by atoms with Crippen LogP contribution in [-0.2, 0) is 29.0 Å². The predicted octanol–water partition coefficient (Wildman–Crippen LogP) is 3.87. The summed E-state index contributed by atoms with van der Waals surface area (Å²) in [6, 6.07) is 20.6. The smallest absolute Gasteiger partial charge is 0.242 e. The molecule has 34 heavy (non-hydrogen) atoms. The van der Waals surface area contributed by atoms with E-state index in [0.717, 1.165) is 11.1 Å². The van der Waals surface area contributed by atoms with Crippen molar-refractivity contribution in [1.29, 1.82) is 0 Å². The molecule has 0 bridgehead atoms. The average Bonchev–Trinajstić information content (AvgIpc) is 3.34. The van der Waals surface area contributed by atoms with Crippen LogP contribution in [-0.4, -0.2) is 36.6 Å². The molecule has 0 spiro atoms. The van der Waals surface area contributed by atoms with Crippen LogP contribution in [0, 0.1) is 5.82 Å². The maximum Gasteiger partial charge on any atom is 0.242 e. The fourth-order valence-electron chi connectivity index (χ4n) is 4.02. The average molecular weight is 463 g/mol. The summed E-state index contributed by atoms with van der Waals surface area (Å²) in [5, 5.41) is 2.67. The van der Waals surface area contributed by atoms with Gasteiger partial charge in [-0.3, -0.25) is 9.59 Å². The van der Waals surface area contributed by atoms with Gasteiger partial charge in [0.1, 0.15) is 11.9 Å². The number of hydrogen-bond acceptors (Lipinski definition) is 4. The van der Waals surface area contributed by atoms with Crippen LogP contribution in [0.15, 0.2) is 72.8 Å². The lowest BCUT2D eigenvalue weighted by Crippen LogP contribution is -2.49. The van der Waals surface area contributed by atoms with E-state index in [9.17, 15) is 14.0 Å². The number of nitrogens with zero attached hydrogens (tertiary/aromatic N) is 1. The van der Waals surface area contributed by atoms with Crippen molar-refractivity contribution in [3.63, 3.8) is 0 Å². The molecular formula is C27H27FN2O4. The Balaban J connectivity index is 1.58. The number of aryl methyl sites for hydroxylation is 1. The van der Waals surface area contributed by atoms with Crippen molar-refractivity contribution in [2.24, 2.45) is 0 Å². The fourth-order valence-corrected chi connectivity index (χ4v) is 4.02. The second kappa shape index (κ2) is 10.8. The van der Waals surface area contributed by atoms with E-state index in [0.29, 0.717) is 29.9 Å². The summed E-state index contributed by atoms with van der Waals surface area (Å²) in [6.45, 7) is 0.180. The normalized spacial score (nSPS) is 12.8. The Labute approximate surface area is 198 Å². The molecule has 0 aliphatic carbocycles. The third kappa shape index (κ3) is 5.54. The van der Waals surface area contributed by atoms with Crippen LogP contribution in [0.2, 0.25) is 0 Å². The lowest BCUT2D eigenvalue weighted by Gasteiger charge is -2.31. The zero-order valence-electron chi connectivity index (χ0n) is 19.0. The highest BCUT2D eigenvalue weighted by molar-refractivity contribution is 5.88. The van der Waals surface area contributed by atoms with E-state index < -0.39 is 11.9 Å². The second-order valence-electron chi connectivity index (χ2n) is 8.12. The number of rotatable bonds is 9. The van der Waals surface area contributed by atoms with E-state index in [2.05, 4.69) is 5.32 Å². The van der Waals surface area contributed by atoms with Crippen molar-refractivity contribution in [2.45, 2.75) is 31.8 Å². The van der Waals surface area contributed by atoms with Gasteiger partial charge < -0.3 is 19.7 Å². The molecule has 1 heterocycles. The molecule has 6 nitrogen and oxygen atoms in total. The molecule has 3 aromatic rings. The highest BCUT2D eigenvalue weighted by Crippen LogP contribution is 2.33. The van der Waals surface area contributed by atoms with Crippen molar-refractivity contribution in [2.75, 3.05) is 13.8 Å². The van der Waals surface area contributed by atoms with Gasteiger partial charge in [0.05, 0.1) is 0 Å². The summed E-state index contributed by atoms with van der Waals surface area (Å²) in [4.78, 5) is 27.9. The summed E-state index contributed by atoms with van der Waals surface area (Å²) >= 11 is 0. The molecule has 0 fully saturated rings. The first-order valence-electron chi connectivity index (χ1n) is 11.2. The van der Waals surface area contributed by atoms with Crippen LogP contribution in [0.4, 0.5) is 4.39 Å². The van der Waals surface area contributed by atoms with Crippen LogP contribution in [0.25, 0.3) is 0 Å². The fraction of sp³-hybridized carbons (Fsp3) is 0.259. The molecule has 1 aliphatic heterocycles. The first-order chi connectivity index (χ1) is 16.5. The Kier molecular flexibility index (Phi) is 7.42. The summed E-state index contributed by atoms with van der Waals surface area (Å²) in [5.41, 5.74) is 2.20. The molecule has 176 valence electrons. The number of carbonyl (C=O) groups excluding carboxylic acids is 2. The molecule has 0 aromatic heterocycles. The number of amides is 2. The predicted molar refractivity (Wildman–Crippen MR) is 126 cm³/mol. The third-order valence-electron chi connectivity index (χ3n) is 5.88. The van der Waals surface area contributed by atoms with Gasteiger partial charge >= 0.3 is 0 Å². The van der Waals surface area contributed by atoms with Gasteiger partial charge in [0.2, 0.25) is 18.6 Å². The first kappa shape index (κ1) is 23.3. The number of likely N-dealkylation sites (N-methyl/N-ethyl adjacent to an activating group) is 1. The Bertz CT molecular complexity index is 1150. The number of carbonyl (C=O) groups is 2. The van der Waals surface area contributed by atoms with E-state index in [-0.39, 0.29) is 31.6 Å². The van der Waals surface area contributed by atoms with Gasteiger partial charge in [0, 0.05) is 32.0 Å². The Morgan fingerprint density at radius 3 is 2.47 bits per heavy atom. The lowest BCUT2D eigenvalue weighted by molar-refractivity contribution is -0.141. The van der Waals surface area contributed by atoms with Gasteiger partial charge in [0.25, 0.3) is 0 Å². The molecule has 2 amide bonds. The van der Waals surface area contributed by atoms with Gasteiger partial charge in [0.15, 0.2) is 11.5 Å². The maximum absolute atomic E-state index is 14.5. The van der Waals surface area contributed by atoms with Gasteiger partial charge in [-0.1, -0.05) is 54.6 Å².